The molecular formula is C6H9NO3. The summed E-state index contributed by atoms with van der Waals surface area (Å²) < 4.78 is 4.78. The fraction of sp³-hybridized carbons (Fsp3) is 0.333. The Morgan fingerprint density at radius 3 is 2.80 bits per heavy atom. The summed E-state index contributed by atoms with van der Waals surface area (Å²) in [7, 11) is 0. The first-order valence-corrected chi connectivity index (χ1v) is 2.88. The van der Waals surface area contributed by atoms with Crippen LogP contribution >= 0.6 is 0 Å². The third-order valence-corrected chi connectivity index (χ3v) is 1.21. The van der Waals surface area contributed by atoms with Crippen LogP contribution in [0.3, 0.4) is 0 Å². The van der Waals surface area contributed by atoms with Gasteiger partial charge in [-0.1, -0.05) is 0 Å². The van der Waals surface area contributed by atoms with Crippen LogP contribution in [0.25, 0.3) is 0 Å². The van der Waals surface area contributed by atoms with E-state index in [-0.39, 0.29) is 18.1 Å². The predicted octanol–water partition coefficient (Wildman–Crippen LogP) is -0.0227. The Morgan fingerprint density at radius 1 is 1.70 bits per heavy atom. The van der Waals surface area contributed by atoms with E-state index < -0.39 is 6.04 Å². The number of aliphatic hydroxyl groups is 1. The lowest BCUT2D eigenvalue weighted by atomic mass is 10.2. The van der Waals surface area contributed by atoms with E-state index in [0.29, 0.717) is 0 Å². The minimum atomic E-state index is -0.630. The quantitative estimate of drug-likeness (QED) is 0.543. The molecule has 4 nitrogen and oxygen atoms in total. The molecule has 0 amide bonds. The molecule has 10 heavy (non-hydrogen) atoms. The van der Waals surface area contributed by atoms with Crippen LogP contribution in [-0.2, 0) is 0 Å². The van der Waals surface area contributed by atoms with Crippen molar-refractivity contribution in [3.05, 3.63) is 18.1 Å². The zero-order valence-corrected chi connectivity index (χ0v) is 5.32. The molecule has 4 N–H and O–H groups in total. The van der Waals surface area contributed by atoms with Gasteiger partial charge < -0.3 is 20.4 Å². The van der Waals surface area contributed by atoms with Gasteiger partial charge in [0.1, 0.15) is 0 Å². The predicted molar refractivity (Wildman–Crippen MR) is 34.4 cm³/mol. The molecule has 0 saturated heterocycles. The Labute approximate surface area is 57.9 Å². The monoisotopic (exact) mass is 143 g/mol. The highest BCUT2D eigenvalue weighted by atomic mass is 16.4. The first kappa shape index (κ1) is 7.11. The van der Waals surface area contributed by atoms with Crippen LogP contribution in [0.1, 0.15) is 11.8 Å². The summed E-state index contributed by atoms with van der Waals surface area (Å²) in [6, 6.07) is 0.750. The molecule has 0 aliphatic rings. The van der Waals surface area contributed by atoms with Crippen LogP contribution in [0.4, 0.5) is 0 Å². The normalized spacial score (nSPS) is 13.4. The first-order valence-electron chi connectivity index (χ1n) is 2.88. The molecule has 0 saturated carbocycles. The largest absolute Gasteiger partial charge is 0.504 e. The molecule has 0 bridgehead atoms. The standard InChI is InChI=1S/C6H9NO3/c7-4(3-8)6-5(9)1-2-10-6/h1-2,4,8-9H,3,7H2. The van der Waals surface area contributed by atoms with Gasteiger partial charge in [-0.25, -0.2) is 0 Å². The van der Waals surface area contributed by atoms with Crippen LogP contribution < -0.4 is 5.73 Å². The summed E-state index contributed by atoms with van der Waals surface area (Å²) in [6.07, 6.45) is 1.32. The van der Waals surface area contributed by atoms with Crippen molar-refractivity contribution in [2.45, 2.75) is 6.04 Å². The van der Waals surface area contributed by atoms with Gasteiger partial charge in [0.15, 0.2) is 11.5 Å². The Balaban J connectivity index is 2.82. The maximum absolute atomic E-state index is 8.97. The molecule has 56 valence electrons. The van der Waals surface area contributed by atoms with Gasteiger partial charge in [-0.05, 0) is 0 Å². The molecule has 0 aliphatic carbocycles. The van der Waals surface area contributed by atoms with Crippen molar-refractivity contribution in [2.75, 3.05) is 6.61 Å². The molecule has 1 heterocycles. The van der Waals surface area contributed by atoms with Crippen LogP contribution in [0, 0.1) is 0 Å². The second-order valence-corrected chi connectivity index (χ2v) is 1.96. The molecule has 1 aromatic heterocycles. The van der Waals surface area contributed by atoms with Gasteiger partial charge >= 0.3 is 0 Å². The van der Waals surface area contributed by atoms with Crippen molar-refractivity contribution in [3.8, 4) is 5.75 Å². The van der Waals surface area contributed by atoms with E-state index in [4.69, 9.17) is 20.4 Å². The molecule has 4 heteroatoms. The van der Waals surface area contributed by atoms with E-state index in [9.17, 15) is 0 Å². The summed E-state index contributed by atoms with van der Waals surface area (Å²) in [4.78, 5) is 0. The van der Waals surface area contributed by atoms with Crippen molar-refractivity contribution in [1.29, 1.82) is 0 Å². The summed E-state index contributed by atoms with van der Waals surface area (Å²) in [5.74, 6) is 0.212. The average Bonchev–Trinajstić information content (AvgIpc) is 2.34. The van der Waals surface area contributed by atoms with Crippen LogP contribution in [-0.4, -0.2) is 16.8 Å². The van der Waals surface area contributed by atoms with Crippen molar-refractivity contribution in [2.24, 2.45) is 5.73 Å². The second-order valence-electron chi connectivity index (χ2n) is 1.96. The highest BCUT2D eigenvalue weighted by molar-refractivity contribution is 5.24. The summed E-state index contributed by atoms with van der Waals surface area (Å²) in [6.45, 7) is -0.235. The Bertz CT molecular complexity index is 209. The van der Waals surface area contributed by atoms with E-state index in [1.807, 2.05) is 0 Å². The van der Waals surface area contributed by atoms with Gasteiger partial charge in [-0.15, -0.1) is 0 Å². The van der Waals surface area contributed by atoms with Crippen molar-refractivity contribution < 1.29 is 14.6 Å². The smallest absolute Gasteiger partial charge is 0.164 e. The Kier molecular flexibility index (Phi) is 1.94. The molecule has 0 aliphatic heterocycles. The lowest BCUT2D eigenvalue weighted by Crippen LogP contribution is -2.13. The molecule has 1 unspecified atom stereocenters. The number of hydrogen-bond donors (Lipinski definition) is 3. The third-order valence-electron chi connectivity index (χ3n) is 1.21. The van der Waals surface area contributed by atoms with Crippen LogP contribution in [0.2, 0.25) is 0 Å². The zero-order chi connectivity index (χ0) is 7.56. The van der Waals surface area contributed by atoms with Crippen molar-refractivity contribution >= 4 is 0 Å². The van der Waals surface area contributed by atoms with Gasteiger partial charge in [0.25, 0.3) is 0 Å². The number of aromatic hydroxyl groups is 1. The lowest BCUT2D eigenvalue weighted by molar-refractivity contribution is 0.247. The number of aliphatic hydroxyl groups excluding tert-OH is 1. The van der Waals surface area contributed by atoms with Gasteiger partial charge in [0, 0.05) is 6.07 Å². The Morgan fingerprint density at radius 2 is 2.40 bits per heavy atom. The molecule has 1 rings (SSSR count). The van der Waals surface area contributed by atoms with E-state index in [1.54, 1.807) is 0 Å². The fourth-order valence-electron chi connectivity index (χ4n) is 0.675. The van der Waals surface area contributed by atoms with E-state index in [1.165, 1.54) is 12.3 Å². The highest BCUT2D eigenvalue weighted by Crippen LogP contribution is 2.22. The van der Waals surface area contributed by atoms with E-state index in [0.717, 1.165) is 0 Å². The Hall–Kier alpha value is -1.00. The third kappa shape index (κ3) is 1.12. The molecule has 0 fully saturated rings. The molecule has 1 atom stereocenters. The van der Waals surface area contributed by atoms with Gasteiger partial charge in [-0.2, -0.15) is 0 Å². The van der Waals surface area contributed by atoms with Gasteiger partial charge in [0.05, 0.1) is 18.9 Å². The molecular weight excluding hydrogens is 134 g/mol. The van der Waals surface area contributed by atoms with E-state index in [2.05, 4.69) is 0 Å². The van der Waals surface area contributed by atoms with Crippen molar-refractivity contribution in [1.82, 2.24) is 0 Å². The number of nitrogens with two attached hydrogens (primary N) is 1. The van der Waals surface area contributed by atoms with Gasteiger partial charge in [0.2, 0.25) is 0 Å². The van der Waals surface area contributed by atoms with Crippen LogP contribution in [0.15, 0.2) is 16.7 Å². The fourth-order valence-corrected chi connectivity index (χ4v) is 0.675. The van der Waals surface area contributed by atoms with E-state index >= 15 is 0 Å². The van der Waals surface area contributed by atoms with Crippen LogP contribution in [0.5, 0.6) is 5.75 Å². The minimum Gasteiger partial charge on any atom is -0.504 e. The number of hydrogen-bond acceptors (Lipinski definition) is 4. The number of furan rings is 1. The zero-order valence-electron chi connectivity index (χ0n) is 5.32. The maximum atomic E-state index is 8.97. The summed E-state index contributed by atoms with van der Waals surface area (Å²) in [5, 5.41) is 17.5. The summed E-state index contributed by atoms with van der Waals surface area (Å²) >= 11 is 0. The minimum absolute atomic E-state index is 0.0125. The second kappa shape index (κ2) is 2.72. The van der Waals surface area contributed by atoms with Gasteiger partial charge in [-0.3, -0.25) is 0 Å². The number of rotatable bonds is 2. The first-order chi connectivity index (χ1) is 4.75. The molecule has 0 spiro atoms. The molecule has 0 radical (unpaired) electrons. The maximum Gasteiger partial charge on any atom is 0.164 e. The average molecular weight is 143 g/mol. The highest BCUT2D eigenvalue weighted by Gasteiger charge is 2.12. The molecule has 1 aromatic rings. The van der Waals surface area contributed by atoms with Crippen molar-refractivity contribution in [3.63, 3.8) is 0 Å². The topological polar surface area (TPSA) is 79.6 Å². The lowest BCUT2D eigenvalue weighted by Gasteiger charge is -2.02. The summed E-state index contributed by atoms with van der Waals surface area (Å²) in [5.41, 5.74) is 5.34. The molecule has 0 aromatic carbocycles. The SMILES string of the molecule is NC(CO)c1occc1O.